The van der Waals surface area contributed by atoms with Crippen molar-refractivity contribution in [3.8, 4) is 0 Å². The Hall–Kier alpha value is -1.10. The Morgan fingerprint density at radius 3 is 2.32 bits per heavy atom. The minimum absolute atomic E-state index is 0.190. The summed E-state index contributed by atoms with van der Waals surface area (Å²) in [7, 11) is 0. The van der Waals surface area contributed by atoms with Gasteiger partial charge in [0.05, 0.1) is 5.41 Å². The average Bonchev–Trinajstić information content (AvgIpc) is 2.27. The van der Waals surface area contributed by atoms with E-state index in [0.29, 0.717) is 25.5 Å². The van der Waals surface area contributed by atoms with E-state index >= 15 is 0 Å². The van der Waals surface area contributed by atoms with Crippen molar-refractivity contribution in [2.75, 3.05) is 13.2 Å². The van der Waals surface area contributed by atoms with Crippen molar-refractivity contribution in [3.63, 3.8) is 0 Å². The summed E-state index contributed by atoms with van der Waals surface area (Å²) in [6, 6.07) is 0. The van der Waals surface area contributed by atoms with Gasteiger partial charge in [-0.15, -0.1) is 0 Å². The molecule has 0 fully saturated rings. The molecule has 0 heterocycles. The lowest BCUT2D eigenvalue weighted by Crippen LogP contribution is -2.37. The highest BCUT2D eigenvalue weighted by atomic mass is 16.5. The lowest BCUT2D eigenvalue weighted by Gasteiger charge is -2.20. The highest BCUT2D eigenvalue weighted by Gasteiger charge is 2.26. The molecule has 0 aliphatic rings. The minimum Gasteiger partial charge on any atom is -0.481 e. The highest BCUT2D eigenvalue weighted by molar-refractivity contribution is 5.80. The first-order chi connectivity index (χ1) is 8.66. The number of hydrogen-bond donors (Lipinski definition) is 2. The second kappa shape index (κ2) is 8.15. The molecule has 112 valence electrons. The zero-order valence-corrected chi connectivity index (χ0v) is 12.7. The number of carboxylic acids is 1. The van der Waals surface area contributed by atoms with Crippen LogP contribution in [0.1, 0.15) is 47.5 Å². The van der Waals surface area contributed by atoms with Gasteiger partial charge in [0.25, 0.3) is 0 Å². The largest absolute Gasteiger partial charge is 0.481 e. The van der Waals surface area contributed by atoms with Crippen molar-refractivity contribution < 1.29 is 19.4 Å². The fourth-order valence-corrected chi connectivity index (χ4v) is 1.31. The molecule has 2 N–H and O–H groups in total. The van der Waals surface area contributed by atoms with Crippen LogP contribution in [0.25, 0.3) is 0 Å². The maximum Gasteiger partial charge on any atom is 0.309 e. The fraction of sp³-hybridized carbons (Fsp3) is 0.857. The summed E-state index contributed by atoms with van der Waals surface area (Å²) >= 11 is 0. The molecule has 5 heteroatoms. The summed E-state index contributed by atoms with van der Waals surface area (Å²) in [5, 5.41) is 11.7. The van der Waals surface area contributed by atoms with Crippen molar-refractivity contribution in [3.05, 3.63) is 0 Å². The first-order valence-corrected chi connectivity index (χ1v) is 6.79. The van der Waals surface area contributed by atoms with E-state index in [0.717, 1.165) is 6.42 Å². The molecule has 0 saturated carbocycles. The Morgan fingerprint density at radius 1 is 1.26 bits per heavy atom. The van der Waals surface area contributed by atoms with Crippen molar-refractivity contribution >= 4 is 11.9 Å². The summed E-state index contributed by atoms with van der Waals surface area (Å²) in [4.78, 5) is 22.6. The van der Waals surface area contributed by atoms with Crippen LogP contribution in [0, 0.1) is 11.3 Å². The summed E-state index contributed by atoms with van der Waals surface area (Å²) in [6.45, 7) is 10.1. The first kappa shape index (κ1) is 17.9. The molecule has 0 saturated heterocycles. The number of carboxylic acid groups (broad SMARTS) is 1. The van der Waals surface area contributed by atoms with E-state index in [1.54, 1.807) is 20.8 Å². The van der Waals surface area contributed by atoms with E-state index < -0.39 is 17.5 Å². The molecule has 1 unspecified atom stereocenters. The van der Waals surface area contributed by atoms with E-state index in [1.165, 1.54) is 0 Å². The molecular weight excluding hydrogens is 246 g/mol. The van der Waals surface area contributed by atoms with Gasteiger partial charge < -0.3 is 15.2 Å². The second-order valence-electron chi connectivity index (χ2n) is 5.93. The van der Waals surface area contributed by atoms with Gasteiger partial charge in [-0.2, -0.15) is 0 Å². The third kappa shape index (κ3) is 7.82. The standard InChI is InChI=1S/C14H27NO4/c1-10(2)6-9-19-11(3)12(16)15-8-7-14(4,5)13(17)18/h10-11H,6-9H2,1-5H3,(H,15,16)(H,17,18). The van der Waals surface area contributed by atoms with Gasteiger partial charge >= 0.3 is 5.97 Å². The van der Waals surface area contributed by atoms with Crippen molar-refractivity contribution in [1.29, 1.82) is 0 Å². The highest BCUT2D eigenvalue weighted by Crippen LogP contribution is 2.19. The Balaban J connectivity index is 3.88. The number of carbonyl (C=O) groups is 2. The molecule has 0 bridgehead atoms. The molecule has 0 radical (unpaired) electrons. The van der Waals surface area contributed by atoms with Crippen molar-refractivity contribution in [2.45, 2.75) is 53.6 Å². The molecule has 0 rings (SSSR count). The molecule has 0 spiro atoms. The number of carbonyl (C=O) groups excluding carboxylic acids is 1. The number of aliphatic carboxylic acids is 1. The fourth-order valence-electron chi connectivity index (χ4n) is 1.31. The third-order valence-electron chi connectivity index (χ3n) is 3.06. The van der Waals surface area contributed by atoms with E-state index in [4.69, 9.17) is 9.84 Å². The zero-order valence-electron chi connectivity index (χ0n) is 12.7. The van der Waals surface area contributed by atoms with Gasteiger partial charge in [0.15, 0.2) is 0 Å². The lowest BCUT2D eigenvalue weighted by molar-refractivity contribution is -0.147. The minimum atomic E-state index is -0.858. The van der Waals surface area contributed by atoms with Crippen molar-refractivity contribution in [1.82, 2.24) is 5.32 Å². The first-order valence-electron chi connectivity index (χ1n) is 6.79. The quantitative estimate of drug-likeness (QED) is 0.674. The van der Waals surface area contributed by atoms with Crippen LogP contribution < -0.4 is 5.32 Å². The monoisotopic (exact) mass is 273 g/mol. The van der Waals surface area contributed by atoms with Gasteiger partial charge in [-0.05, 0) is 39.5 Å². The number of amides is 1. The van der Waals surface area contributed by atoms with E-state index in [1.807, 2.05) is 0 Å². The van der Waals surface area contributed by atoms with Crippen LogP contribution in [0.4, 0.5) is 0 Å². The lowest BCUT2D eigenvalue weighted by atomic mass is 9.90. The van der Waals surface area contributed by atoms with Gasteiger partial charge in [-0.1, -0.05) is 13.8 Å². The van der Waals surface area contributed by atoms with Crippen LogP contribution >= 0.6 is 0 Å². The maximum absolute atomic E-state index is 11.7. The van der Waals surface area contributed by atoms with Gasteiger partial charge in [-0.25, -0.2) is 0 Å². The Morgan fingerprint density at radius 2 is 1.84 bits per heavy atom. The topological polar surface area (TPSA) is 75.6 Å². The van der Waals surface area contributed by atoms with Crippen LogP contribution in [0.15, 0.2) is 0 Å². The van der Waals surface area contributed by atoms with Crippen LogP contribution in [-0.4, -0.2) is 36.2 Å². The molecule has 0 aliphatic heterocycles. The average molecular weight is 273 g/mol. The van der Waals surface area contributed by atoms with E-state index in [2.05, 4.69) is 19.2 Å². The molecule has 0 aromatic heterocycles. The van der Waals surface area contributed by atoms with Crippen LogP contribution in [0.2, 0.25) is 0 Å². The molecule has 5 nitrogen and oxygen atoms in total. The normalized spacial score (nSPS) is 13.4. The van der Waals surface area contributed by atoms with Crippen LogP contribution in [-0.2, 0) is 14.3 Å². The number of nitrogens with one attached hydrogen (secondary N) is 1. The second-order valence-corrected chi connectivity index (χ2v) is 5.93. The molecule has 1 amide bonds. The number of hydrogen-bond acceptors (Lipinski definition) is 3. The van der Waals surface area contributed by atoms with Crippen LogP contribution in [0.3, 0.4) is 0 Å². The van der Waals surface area contributed by atoms with Crippen molar-refractivity contribution in [2.24, 2.45) is 11.3 Å². The molecular formula is C14H27NO4. The Kier molecular flexibility index (Phi) is 7.68. The van der Waals surface area contributed by atoms with E-state index in [9.17, 15) is 9.59 Å². The third-order valence-corrected chi connectivity index (χ3v) is 3.06. The molecule has 0 aromatic rings. The van der Waals surface area contributed by atoms with Gasteiger partial charge in [0, 0.05) is 13.2 Å². The molecule has 19 heavy (non-hydrogen) atoms. The summed E-state index contributed by atoms with van der Waals surface area (Å²) in [6.07, 6.45) is 0.822. The van der Waals surface area contributed by atoms with Gasteiger partial charge in [0.1, 0.15) is 6.10 Å². The molecule has 1 atom stereocenters. The SMILES string of the molecule is CC(C)CCOC(C)C(=O)NCCC(C)(C)C(=O)O. The molecule has 0 aromatic carbocycles. The van der Waals surface area contributed by atoms with Crippen LogP contribution in [0.5, 0.6) is 0 Å². The predicted molar refractivity (Wildman–Crippen MR) is 73.9 cm³/mol. The maximum atomic E-state index is 11.7. The summed E-state index contributed by atoms with van der Waals surface area (Å²) in [5.41, 5.74) is -0.824. The predicted octanol–water partition coefficient (Wildman–Crippen LogP) is 2.05. The Bertz CT molecular complexity index is 300. The molecule has 0 aliphatic carbocycles. The summed E-state index contributed by atoms with van der Waals surface area (Å²) < 4.78 is 5.42. The summed E-state index contributed by atoms with van der Waals surface area (Å²) in [5.74, 6) is -0.500. The Labute approximate surface area is 115 Å². The van der Waals surface area contributed by atoms with E-state index in [-0.39, 0.29) is 5.91 Å². The smallest absolute Gasteiger partial charge is 0.309 e. The van der Waals surface area contributed by atoms with Gasteiger partial charge in [-0.3, -0.25) is 9.59 Å². The van der Waals surface area contributed by atoms with Gasteiger partial charge in [0.2, 0.25) is 5.91 Å². The number of ether oxygens (including phenoxy) is 1. The zero-order chi connectivity index (χ0) is 15.1. The number of rotatable bonds is 9.